The zero-order chi connectivity index (χ0) is 27.9. The van der Waals surface area contributed by atoms with Gasteiger partial charge in [-0.3, -0.25) is 9.59 Å². The van der Waals surface area contributed by atoms with Crippen LogP contribution >= 0.6 is 0 Å². The Kier molecular flexibility index (Phi) is 9.65. The van der Waals surface area contributed by atoms with Crippen molar-refractivity contribution in [1.82, 2.24) is 4.72 Å². The number of hydrogen-bond donors (Lipinski definition) is 1. The monoisotopic (exact) mass is 549 g/mol. The molecule has 1 amide bonds. The van der Waals surface area contributed by atoms with Crippen molar-refractivity contribution < 1.29 is 36.3 Å². The van der Waals surface area contributed by atoms with Crippen molar-refractivity contribution in [3.8, 4) is 11.5 Å². The van der Waals surface area contributed by atoms with Crippen LogP contribution in [0, 0.1) is 0 Å². The van der Waals surface area contributed by atoms with Crippen LogP contribution in [-0.2, 0) is 25.0 Å². The van der Waals surface area contributed by atoms with Crippen molar-refractivity contribution in [3.63, 3.8) is 0 Å². The van der Waals surface area contributed by atoms with Gasteiger partial charge in [0.15, 0.2) is 5.78 Å². The molecule has 0 saturated carbocycles. The van der Waals surface area contributed by atoms with Gasteiger partial charge in [0.25, 0.3) is 5.91 Å². The number of rotatable bonds is 12. The van der Waals surface area contributed by atoms with Crippen LogP contribution in [0.2, 0.25) is 0 Å². The van der Waals surface area contributed by atoms with Gasteiger partial charge in [0.2, 0.25) is 10.0 Å². The lowest BCUT2D eigenvalue weighted by atomic mass is 9.67. The van der Waals surface area contributed by atoms with Crippen LogP contribution in [0.25, 0.3) is 5.57 Å². The lowest BCUT2D eigenvalue weighted by Gasteiger charge is -2.36. The van der Waals surface area contributed by atoms with E-state index in [0.29, 0.717) is 17.7 Å². The fourth-order valence-electron chi connectivity index (χ4n) is 4.60. The molecule has 7 nitrogen and oxygen atoms in total. The summed E-state index contributed by atoms with van der Waals surface area (Å²) in [6, 6.07) is 13.0. The highest BCUT2D eigenvalue weighted by Gasteiger charge is 2.40. The average molecular weight is 550 g/mol. The fraction of sp³-hybridized carbons (Fsp3) is 0.429. The van der Waals surface area contributed by atoms with Crippen LogP contribution < -0.4 is 14.2 Å². The van der Waals surface area contributed by atoms with Gasteiger partial charge in [-0.1, -0.05) is 57.4 Å². The van der Waals surface area contributed by atoms with Gasteiger partial charge in [0, 0.05) is 11.8 Å². The zero-order valence-corrected chi connectivity index (χ0v) is 22.6. The quantitative estimate of drug-likeness (QED) is 0.281. The summed E-state index contributed by atoms with van der Waals surface area (Å²) in [7, 11) is -3.92. The molecule has 206 valence electrons. The second kappa shape index (κ2) is 12.5. The maximum absolute atomic E-state index is 13.3. The first kappa shape index (κ1) is 29.3. The highest BCUT2D eigenvalue weighted by molar-refractivity contribution is 7.89. The molecule has 1 atom stereocenters. The van der Waals surface area contributed by atoms with E-state index < -0.39 is 33.7 Å². The van der Waals surface area contributed by atoms with E-state index in [4.69, 9.17) is 4.74 Å². The standard InChI is InChI=1S/C28H33F2NO6S/c1-4-5-6-7-16-36-21-14-10-20(11-15-21)28(2)17-23(19-8-12-22(13-9-19)37-27(29)30)25(24(32)18-28)26(33)31-38(3,34)35/h8-15,27H,4-7,16-18H2,1-3H3,(H,31,33)/t28-/m1/s1. The van der Waals surface area contributed by atoms with E-state index >= 15 is 0 Å². The van der Waals surface area contributed by atoms with Crippen molar-refractivity contribution in [3.05, 3.63) is 65.2 Å². The second-order valence-electron chi connectivity index (χ2n) is 9.73. The van der Waals surface area contributed by atoms with Crippen LogP contribution in [0.1, 0.15) is 63.5 Å². The first-order valence-corrected chi connectivity index (χ1v) is 14.4. The normalized spacial score (nSPS) is 18.0. The molecule has 0 saturated heterocycles. The molecule has 0 aliphatic heterocycles. The van der Waals surface area contributed by atoms with Crippen molar-refractivity contribution in [1.29, 1.82) is 0 Å². The predicted molar refractivity (Wildman–Crippen MR) is 141 cm³/mol. The lowest BCUT2D eigenvalue weighted by molar-refractivity contribution is -0.122. The molecule has 1 aliphatic rings. The Morgan fingerprint density at radius 2 is 1.63 bits per heavy atom. The molecule has 10 heteroatoms. The highest BCUT2D eigenvalue weighted by atomic mass is 32.2. The summed E-state index contributed by atoms with van der Waals surface area (Å²) >= 11 is 0. The molecule has 0 aromatic heterocycles. The minimum atomic E-state index is -3.92. The maximum atomic E-state index is 13.3. The van der Waals surface area contributed by atoms with E-state index in [9.17, 15) is 26.8 Å². The summed E-state index contributed by atoms with van der Waals surface area (Å²) in [6.45, 7) is 1.66. The summed E-state index contributed by atoms with van der Waals surface area (Å²) in [6.07, 6.45) is 5.42. The molecule has 1 N–H and O–H groups in total. The van der Waals surface area contributed by atoms with Crippen LogP contribution in [-0.4, -0.2) is 39.6 Å². The summed E-state index contributed by atoms with van der Waals surface area (Å²) in [5.41, 5.74) is 0.629. The maximum Gasteiger partial charge on any atom is 0.387 e. The number of ether oxygens (including phenoxy) is 2. The zero-order valence-electron chi connectivity index (χ0n) is 21.8. The Labute approximate surface area is 222 Å². The molecule has 0 fully saturated rings. The largest absolute Gasteiger partial charge is 0.494 e. The third kappa shape index (κ3) is 7.86. The van der Waals surface area contributed by atoms with Gasteiger partial charge in [0.1, 0.15) is 11.5 Å². The number of carbonyl (C=O) groups is 2. The number of carbonyl (C=O) groups excluding carboxylic acids is 2. The molecule has 0 spiro atoms. The predicted octanol–water partition coefficient (Wildman–Crippen LogP) is 5.40. The lowest BCUT2D eigenvalue weighted by Crippen LogP contribution is -2.39. The third-order valence-electron chi connectivity index (χ3n) is 6.45. The molecule has 0 unspecified atom stereocenters. The van der Waals surface area contributed by atoms with Crippen molar-refractivity contribution in [2.24, 2.45) is 0 Å². The number of ketones is 1. The first-order valence-electron chi connectivity index (χ1n) is 12.5. The number of allylic oxidation sites excluding steroid dienone is 1. The molecule has 0 bridgehead atoms. The van der Waals surface area contributed by atoms with Crippen molar-refractivity contribution in [2.45, 2.75) is 64.4 Å². The Morgan fingerprint density at radius 3 is 2.21 bits per heavy atom. The Bertz CT molecular complexity index is 1270. The number of unbranched alkanes of at least 4 members (excludes halogenated alkanes) is 3. The highest BCUT2D eigenvalue weighted by Crippen LogP contribution is 2.44. The minimum Gasteiger partial charge on any atom is -0.494 e. The second-order valence-corrected chi connectivity index (χ2v) is 11.5. The molecule has 1 aliphatic carbocycles. The van der Waals surface area contributed by atoms with Gasteiger partial charge in [0.05, 0.1) is 18.4 Å². The van der Waals surface area contributed by atoms with Crippen LogP contribution in [0.4, 0.5) is 8.78 Å². The van der Waals surface area contributed by atoms with Crippen molar-refractivity contribution >= 4 is 27.3 Å². The van der Waals surface area contributed by atoms with E-state index in [1.165, 1.54) is 24.3 Å². The molecular weight excluding hydrogens is 516 g/mol. The van der Waals surface area contributed by atoms with Crippen LogP contribution in [0.3, 0.4) is 0 Å². The molecule has 38 heavy (non-hydrogen) atoms. The van der Waals surface area contributed by atoms with Gasteiger partial charge in [-0.05, 0) is 53.8 Å². The molecule has 2 aromatic carbocycles. The molecule has 0 radical (unpaired) electrons. The SMILES string of the molecule is CCCCCCOc1ccc([C@@]2(C)CC(=O)C(C(=O)NS(C)(=O)=O)=C(c3ccc(OC(F)F)cc3)C2)cc1. The van der Waals surface area contributed by atoms with E-state index in [1.807, 2.05) is 35.9 Å². The Hall–Kier alpha value is -3.27. The number of halogens is 2. The van der Waals surface area contributed by atoms with Gasteiger partial charge in [-0.15, -0.1) is 0 Å². The number of hydrogen-bond acceptors (Lipinski definition) is 6. The van der Waals surface area contributed by atoms with Gasteiger partial charge >= 0.3 is 6.61 Å². The number of benzene rings is 2. The average Bonchev–Trinajstić information content (AvgIpc) is 2.83. The smallest absolute Gasteiger partial charge is 0.387 e. The number of alkyl halides is 2. The topological polar surface area (TPSA) is 98.8 Å². The third-order valence-corrected chi connectivity index (χ3v) is 7.01. The number of sulfonamides is 1. The van der Waals surface area contributed by atoms with Gasteiger partial charge in [-0.2, -0.15) is 8.78 Å². The summed E-state index contributed by atoms with van der Waals surface area (Å²) in [5.74, 6) is -0.899. The molecule has 3 rings (SSSR count). The van der Waals surface area contributed by atoms with E-state index in [-0.39, 0.29) is 24.2 Å². The van der Waals surface area contributed by atoms with E-state index in [2.05, 4.69) is 11.7 Å². The summed E-state index contributed by atoms with van der Waals surface area (Å²) in [5, 5.41) is 0. The van der Waals surface area contributed by atoms with E-state index in [0.717, 1.165) is 43.3 Å². The van der Waals surface area contributed by atoms with Gasteiger partial charge in [-0.25, -0.2) is 13.1 Å². The summed E-state index contributed by atoms with van der Waals surface area (Å²) in [4.78, 5) is 26.2. The first-order chi connectivity index (χ1) is 17.9. The Balaban J connectivity index is 1.92. The van der Waals surface area contributed by atoms with Crippen molar-refractivity contribution in [2.75, 3.05) is 12.9 Å². The van der Waals surface area contributed by atoms with Crippen LogP contribution in [0.5, 0.6) is 11.5 Å². The number of Topliss-reactive ketones (excluding diaryl/α,β-unsaturated/α-hetero) is 1. The summed E-state index contributed by atoms with van der Waals surface area (Å²) < 4.78 is 60.7. The molecule has 0 heterocycles. The number of amides is 1. The van der Waals surface area contributed by atoms with E-state index in [1.54, 1.807) is 0 Å². The van der Waals surface area contributed by atoms with Gasteiger partial charge < -0.3 is 9.47 Å². The molecule has 2 aromatic rings. The fourth-order valence-corrected chi connectivity index (χ4v) is 5.03. The Morgan fingerprint density at radius 1 is 1.00 bits per heavy atom. The van der Waals surface area contributed by atoms with Crippen LogP contribution in [0.15, 0.2) is 54.1 Å². The molecular formula is C28H33F2NO6S. The minimum absolute atomic E-state index is 0.0210. The number of nitrogens with one attached hydrogen (secondary N) is 1.